The minimum Gasteiger partial charge on any atom is -0.476 e. The van der Waals surface area contributed by atoms with E-state index < -0.39 is 5.97 Å². The van der Waals surface area contributed by atoms with E-state index >= 15 is 0 Å². The van der Waals surface area contributed by atoms with E-state index in [4.69, 9.17) is 10.2 Å². The first kappa shape index (κ1) is 13.8. The summed E-state index contributed by atoms with van der Waals surface area (Å²) in [5.41, 5.74) is 2.33. The molecule has 0 unspecified atom stereocenters. The molecule has 1 heterocycles. The van der Waals surface area contributed by atoms with Gasteiger partial charge >= 0.3 is 5.97 Å². The minimum atomic E-state index is -1.09. The van der Waals surface area contributed by atoms with Gasteiger partial charge in [0.05, 0.1) is 5.69 Å². The summed E-state index contributed by atoms with van der Waals surface area (Å²) < 4.78 is 2.51. The summed E-state index contributed by atoms with van der Waals surface area (Å²) in [6, 6.07) is 5.64. The molecule has 0 amide bonds. The van der Waals surface area contributed by atoms with Crippen molar-refractivity contribution in [3.63, 3.8) is 0 Å². The molecule has 1 aromatic carbocycles. The fourth-order valence-corrected chi connectivity index (χ4v) is 2.04. The Kier molecular flexibility index (Phi) is 4.01. The van der Waals surface area contributed by atoms with Crippen molar-refractivity contribution in [2.24, 2.45) is 0 Å². The highest BCUT2D eigenvalue weighted by Gasteiger charge is 2.16. The number of aryl methyl sites for hydroxylation is 1. The molecule has 0 saturated heterocycles. The van der Waals surface area contributed by atoms with Crippen molar-refractivity contribution in [1.82, 2.24) is 9.78 Å². The monoisotopic (exact) mass is 324 g/mol. The van der Waals surface area contributed by atoms with Crippen molar-refractivity contribution in [3.8, 4) is 5.69 Å². The van der Waals surface area contributed by atoms with Gasteiger partial charge in [-0.05, 0) is 37.1 Å². The molecule has 0 spiro atoms. The van der Waals surface area contributed by atoms with Crippen molar-refractivity contribution in [2.45, 2.75) is 13.3 Å². The van der Waals surface area contributed by atoms with Crippen LogP contribution in [0.4, 0.5) is 0 Å². The molecule has 0 aliphatic carbocycles. The molecule has 2 rings (SSSR count). The number of aromatic nitrogens is 2. The van der Waals surface area contributed by atoms with Crippen LogP contribution in [-0.4, -0.2) is 32.6 Å². The van der Waals surface area contributed by atoms with Gasteiger partial charge in [0.1, 0.15) is 0 Å². The number of aliphatic hydroxyl groups is 1. The van der Waals surface area contributed by atoms with Gasteiger partial charge in [0.2, 0.25) is 0 Å². The van der Waals surface area contributed by atoms with Crippen LogP contribution in [0.1, 0.15) is 21.6 Å². The molecule has 2 aromatic rings. The first-order valence-electron chi connectivity index (χ1n) is 5.72. The maximum atomic E-state index is 11.1. The molecule has 6 heteroatoms. The molecular formula is C13H13BrN2O3. The number of nitrogens with zero attached hydrogens (tertiary/aromatic N) is 2. The molecule has 0 aliphatic rings. The molecule has 0 saturated carbocycles. The summed E-state index contributed by atoms with van der Waals surface area (Å²) in [5, 5.41) is 22.1. The second kappa shape index (κ2) is 5.54. The summed E-state index contributed by atoms with van der Waals surface area (Å²) >= 11 is 3.41. The number of carbonyl (C=O) groups is 1. The van der Waals surface area contributed by atoms with Crippen LogP contribution < -0.4 is 0 Å². The standard InChI is InChI=1S/C13H13BrN2O3/c1-8-6-10(2-3-11(8)14)16-7-9(4-5-17)12(15-16)13(18)19/h2-3,6-7,17H,4-5H2,1H3,(H,18,19). The Morgan fingerprint density at radius 3 is 2.79 bits per heavy atom. The fourth-order valence-electron chi connectivity index (χ4n) is 1.80. The van der Waals surface area contributed by atoms with Crippen molar-refractivity contribution in [3.05, 3.63) is 45.7 Å². The van der Waals surface area contributed by atoms with Gasteiger partial charge in [-0.25, -0.2) is 9.48 Å². The lowest BCUT2D eigenvalue weighted by Gasteiger charge is -2.03. The number of aliphatic hydroxyl groups excluding tert-OH is 1. The molecule has 0 radical (unpaired) electrons. The number of carboxylic acid groups (broad SMARTS) is 1. The highest BCUT2D eigenvalue weighted by Crippen LogP contribution is 2.20. The van der Waals surface area contributed by atoms with Crippen LogP contribution in [0.3, 0.4) is 0 Å². The van der Waals surface area contributed by atoms with Gasteiger partial charge in [0, 0.05) is 22.8 Å². The van der Waals surface area contributed by atoms with Crippen LogP contribution >= 0.6 is 15.9 Å². The van der Waals surface area contributed by atoms with Crippen LogP contribution in [0.5, 0.6) is 0 Å². The van der Waals surface area contributed by atoms with Crippen LogP contribution in [0.25, 0.3) is 5.69 Å². The molecule has 2 N–H and O–H groups in total. The summed E-state index contributed by atoms with van der Waals surface area (Å²) in [5.74, 6) is -1.09. The molecule has 0 bridgehead atoms. The average molecular weight is 325 g/mol. The molecular weight excluding hydrogens is 312 g/mol. The number of carboxylic acids is 1. The Hall–Kier alpha value is -1.66. The van der Waals surface area contributed by atoms with Gasteiger partial charge in [-0.3, -0.25) is 0 Å². The lowest BCUT2D eigenvalue weighted by molar-refractivity contribution is 0.0688. The zero-order valence-electron chi connectivity index (χ0n) is 10.3. The van der Waals surface area contributed by atoms with Crippen LogP contribution in [0.2, 0.25) is 0 Å². The summed E-state index contributed by atoms with van der Waals surface area (Å²) in [4.78, 5) is 11.1. The zero-order valence-corrected chi connectivity index (χ0v) is 11.9. The highest BCUT2D eigenvalue weighted by atomic mass is 79.9. The smallest absolute Gasteiger partial charge is 0.356 e. The van der Waals surface area contributed by atoms with Crippen molar-refractivity contribution >= 4 is 21.9 Å². The van der Waals surface area contributed by atoms with Crippen LogP contribution in [-0.2, 0) is 6.42 Å². The number of rotatable bonds is 4. The summed E-state index contributed by atoms with van der Waals surface area (Å²) in [6.07, 6.45) is 1.92. The van der Waals surface area contributed by atoms with Crippen LogP contribution in [0.15, 0.2) is 28.9 Å². The van der Waals surface area contributed by atoms with E-state index in [-0.39, 0.29) is 18.7 Å². The molecule has 0 fully saturated rings. The topological polar surface area (TPSA) is 75.4 Å². The quantitative estimate of drug-likeness (QED) is 0.903. The third kappa shape index (κ3) is 2.85. The third-order valence-corrected chi connectivity index (χ3v) is 3.67. The Morgan fingerprint density at radius 1 is 1.47 bits per heavy atom. The summed E-state index contributed by atoms with van der Waals surface area (Å²) in [7, 11) is 0. The SMILES string of the molecule is Cc1cc(-n2cc(CCO)c(C(=O)O)n2)ccc1Br. The van der Waals surface area contributed by atoms with Crippen molar-refractivity contribution in [1.29, 1.82) is 0 Å². The second-order valence-corrected chi connectivity index (χ2v) is 5.01. The maximum Gasteiger partial charge on any atom is 0.356 e. The van der Waals surface area contributed by atoms with Gasteiger partial charge < -0.3 is 10.2 Å². The fraction of sp³-hybridized carbons (Fsp3) is 0.231. The van der Waals surface area contributed by atoms with Gasteiger partial charge in [0.15, 0.2) is 5.69 Å². The predicted octanol–water partition coefficient (Wildman–Crippen LogP) is 2.18. The first-order valence-corrected chi connectivity index (χ1v) is 6.51. The first-order chi connectivity index (χ1) is 9.02. The maximum absolute atomic E-state index is 11.1. The van der Waals surface area contributed by atoms with Gasteiger partial charge in [-0.2, -0.15) is 5.10 Å². The van der Waals surface area contributed by atoms with Crippen molar-refractivity contribution in [2.75, 3.05) is 6.61 Å². The Morgan fingerprint density at radius 2 is 2.21 bits per heavy atom. The molecule has 5 nitrogen and oxygen atoms in total. The molecule has 100 valence electrons. The Bertz CT molecular complexity index is 622. The van der Waals surface area contributed by atoms with E-state index in [2.05, 4.69) is 21.0 Å². The number of benzene rings is 1. The highest BCUT2D eigenvalue weighted by molar-refractivity contribution is 9.10. The predicted molar refractivity (Wildman–Crippen MR) is 73.8 cm³/mol. The summed E-state index contributed by atoms with van der Waals surface area (Å²) in [6.45, 7) is 1.84. The number of hydrogen-bond acceptors (Lipinski definition) is 3. The lowest BCUT2D eigenvalue weighted by Crippen LogP contribution is -2.03. The second-order valence-electron chi connectivity index (χ2n) is 4.16. The average Bonchev–Trinajstić information content (AvgIpc) is 2.77. The van der Waals surface area contributed by atoms with Gasteiger partial charge in [-0.1, -0.05) is 15.9 Å². The van der Waals surface area contributed by atoms with Crippen molar-refractivity contribution < 1.29 is 15.0 Å². The van der Waals surface area contributed by atoms with E-state index in [1.54, 1.807) is 6.20 Å². The number of hydrogen-bond donors (Lipinski definition) is 2. The third-order valence-electron chi connectivity index (χ3n) is 2.78. The lowest BCUT2D eigenvalue weighted by atomic mass is 10.2. The van der Waals surface area contributed by atoms with E-state index in [0.717, 1.165) is 15.7 Å². The molecule has 1 aromatic heterocycles. The van der Waals surface area contributed by atoms with E-state index in [0.29, 0.717) is 5.56 Å². The zero-order chi connectivity index (χ0) is 14.0. The Labute approximate surface area is 118 Å². The normalized spacial score (nSPS) is 10.7. The molecule has 0 aliphatic heterocycles. The Balaban J connectivity index is 2.47. The van der Waals surface area contributed by atoms with E-state index in [9.17, 15) is 4.79 Å². The largest absolute Gasteiger partial charge is 0.476 e. The number of aromatic carboxylic acids is 1. The minimum absolute atomic E-state index is 0.0189. The van der Waals surface area contributed by atoms with E-state index in [1.807, 2.05) is 25.1 Å². The van der Waals surface area contributed by atoms with Gasteiger partial charge in [0.25, 0.3) is 0 Å². The molecule has 19 heavy (non-hydrogen) atoms. The van der Waals surface area contributed by atoms with Gasteiger partial charge in [-0.15, -0.1) is 0 Å². The van der Waals surface area contributed by atoms with Crippen LogP contribution in [0, 0.1) is 6.92 Å². The number of halogens is 1. The van der Waals surface area contributed by atoms with E-state index in [1.165, 1.54) is 4.68 Å². The molecule has 0 atom stereocenters.